The monoisotopic (exact) mass is 619 g/mol. The van der Waals surface area contributed by atoms with Crippen LogP contribution in [0.3, 0.4) is 0 Å². The molecule has 0 fully saturated rings. The molecule has 2 unspecified atom stereocenters. The Balaban J connectivity index is 1.23. The van der Waals surface area contributed by atoms with E-state index in [-0.39, 0.29) is 12.1 Å². The number of allylic oxidation sites excluding steroid dienone is 7. The maximum absolute atomic E-state index is 3.83. The number of benzene rings is 5. The van der Waals surface area contributed by atoms with Crippen molar-refractivity contribution in [1.82, 2.24) is 15.2 Å². The van der Waals surface area contributed by atoms with Crippen molar-refractivity contribution in [3.8, 4) is 16.8 Å². The summed E-state index contributed by atoms with van der Waals surface area (Å²) in [5, 5.41) is 12.0. The molecule has 2 aliphatic heterocycles. The average molecular weight is 620 g/mol. The van der Waals surface area contributed by atoms with Crippen molar-refractivity contribution < 1.29 is 0 Å². The Hall–Kier alpha value is -6.06. The van der Waals surface area contributed by atoms with Crippen LogP contribution in [0, 0.1) is 0 Å². The van der Waals surface area contributed by atoms with Crippen molar-refractivity contribution in [2.45, 2.75) is 19.0 Å². The zero-order valence-corrected chi connectivity index (χ0v) is 27.0. The van der Waals surface area contributed by atoms with E-state index in [0.717, 1.165) is 5.69 Å². The Bertz CT molecular complexity index is 2380. The number of rotatable bonds is 7. The zero-order chi connectivity index (χ0) is 32.5. The van der Waals surface area contributed by atoms with Gasteiger partial charge in [-0.15, -0.1) is 0 Å². The highest BCUT2D eigenvalue weighted by atomic mass is 15.0. The van der Waals surface area contributed by atoms with E-state index in [0.29, 0.717) is 0 Å². The van der Waals surface area contributed by atoms with Crippen molar-refractivity contribution in [2.24, 2.45) is 0 Å². The SMILES string of the molecule is C=C/C=C\C(=C/C)c1cccc(-c2ccc3c(ccc4c5ccc(C6C=CC(C7C=CC=CN7)=CN6)cc5n(-c5ccccc5)c34)c2)c1. The first-order valence-corrected chi connectivity index (χ1v) is 16.6. The number of dihydropyridines is 2. The zero-order valence-electron chi connectivity index (χ0n) is 27.0. The van der Waals surface area contributed by atoms with E-state index in [2.05, 4.69) is 174 Å². The molecule has 0 bridgehead atoms. The third-order valence-corrected chi connectivity index (χ3v) is 9.45. The van der Waals surface area contributed by atoms with Crippen LogP contribution >= 0.6 is 0 Å². The van der Waals surface area contributed by atoms with E-state index in [1.165, 1.54) is 66.0 Å². The van der Waals surface area contributed by atoms with Crippen LogP contribution in [0.5, 0.6) is 0 Å². The lowest BCUT2D eigenvalue weighted by molar-refractivity contribution is 0.710. The Kier molecular flexibility index (Phi) is 7.72. The molecular weight excluding hydrogens is 583 g/mol. The molecule has 0 radical (unpaired) electrons. The lowest BCUT2D eigenvalue weighted by Crippen LogP contribution is -2.28. The summed E-state index contributed by atoms with van der Waals surface area (Å²) in [6, 6.07) is 38.2. The van der Waals surface area contributed by atoms with Crippen LogP contribution < -0.4 is 10.6 Å². The second-order valence-corrected chi connectivity index (χ2v) is 12.3. The quantitative estimate of drug-likeness (QED) is 0.174. The van der Waals surface area contributed by atoms with Crippen LogP contribution in [0.15, 0.2) is 182 Å². The topological polar surface area (TPSA) is 29.0 Å². The van der Waals surface area contributed by atoms with Gasteiger partial charge in [0.25, 0.3) is 0 Å². The molecule has 2 atom stereocenters. The summed E-state index contributed by atoms with van der Waals surface area (Å²) in [4.78, 5) is 0. The fourth-order valence-electron chi connectivity index (χ4n) is 7.03. The molecule has 3 nitrogen and oxygen atoms in total. The van der Waals surface area contributed by atoms with Gasteiger partial charge in [0.05, 0.1) is 23.1 Å². The van der Waals surface area contributed by atoms with Crippen LogP contribution in [0.25, 0.3) is 55.0 Å². The molecule has 3 heteroatoms. The van der Waals surface area contributed by atoms with Gasteiger partial charge in [0.2, 0.25) is 0 Å². The smallest absolute Gasteiger partial charge is 0.0709 e. The largest absolute Gasteiger partial charge is 0.381 e. The molecular formula is C45H37N3. The van der Waals surface area contributed by atoms with Crippen molar-refractivity contribution in [2.75, 3.05) is 0 Å². The predicted octanol–water partition coefficient (Wildman–Crippen LogP) is 10.9. The van der Waals surface area contributed by atoms with Crippen LogP contribution in [0.4, 0.5) is 0 Å². The summed E-state index contributed by atoms with van der Waals surface area (Å²) in [5.74, 6) is 0. The van der Waals surface area contributed by atoms with E-state index in [9.17, 15) is 0 Å². The van der Waals surface area contributed by atoms with Gasteiger partial charge in [0.15, 0.2) is 0 Å². The molecule has 2 N–H and O–H groups in total. The van der Waals surface area contributed by atoms with Gasteiger partial charge in [0, 0.05) is 28.0 Å². The molecule has 0 saturated carbocycles. The highest BCUT2D eigenvalue weighted by Crippen LogP contribution is 2.39. The lowest BCUT2D eigenvalue weighted by atomic mass is 9.96. The fraction of sp³-hybridized carbons (Fsp3) is 0.0667. The molecule has 232 valence electrons. The first kappa shape index (κ1) is 29.3. The van der Waals surface area contributed by atoms with Gasteiger partial charge in [0.1, 0.15) is 0 Å². The van der Waals surface area contributed by atoms with Gasteiger partial charge >= 0.3 is 0 Å². The molecule has 5 aromatic carbocycles. The van der Waals surface area contributed by atoms with Gasteiger partial charge in [-0.1, -0.05) is 128 Å². The molecule has 0 aliphatic carbocycles. The molecule has 0 saturated heterocycles. The second-order valence-electron chi connectivity index (χ2n) is 12.3. The standard InChI is InChI=1S/C45H37N3/c1-3-5-12-31(4-2)32-13-11-14-33(27-32)34-18-22-39-35(28-34)19-24-41-40-23-20-36(29-44(40)48(45(39)41)38-15-7-6-8-16-38)43-25-21-37(30-47-43)42-17-9-10-26-46-42/h3-30,42-43,46-47H,1H2,2H3/b12-5-,31-4+. The Labute approximate surface area is 281 Å². The van der Waals surface area contributed by atoms with Crippen molar-refractivity contribution >= 4 is 38.2 Å². The lowest BCUT2D eigenvalue weighted by Gasteiger charge is -2.24. The number of aromatic nitrogens is 1. The third-order valence-electron chi connectivity index (χ3n) is 9.45. The van der Waals surface area contributed by atoms with Gasteiger partial charge in [-0.25, -0.2) is 0 Å². The average Bonchev–Trinajstić information content (AvgIpc) is 3.50. The molecule has 3 heterocycles. The molecule has 6 aromatic rings. The fourth-order valence-corrected chi connectivity index (χ4v) is 7.03. The summed E-state index contributed by atoms with van der Waals surface area (Å²) in [7, 11) is 0. The minimum absolute atomic E-state index is 0.0916. The van der Waals surface area contributed by atoms with Crippen LogP contribution in [0.2, 0.25) is 0 Å². The Morgan fingerprint density at radius 1 is 0.750 bits per heavy atom. The Morgan fingerprint density at radius 2 is 1.60 bits per heavy atom. The minimum Gasteiger partial charge on any atom is -0.381 e. The first-order valence-electron chi connectivity index (χ1n) is 16.6. The molecule has 1 aromatic heterocycles. The second kappa shape index (κ2) is 12.6. The highest BCUT2D eigenvalue weighted by Gasteiger charge is 2.19. The van der Waals surface area contributed by atoms with E-state index in [1.54, 1.807) is 0 Å². The highest BCUT2D eigenvalue weighted by molar-refractivity contribution is 6.19. The normalized spacial score (nSPS) is 17.6. The van der Waals surface area contributed by atoms with E-state index in [4.69, 9.17) is 0 Å². The minimum atomic E-state index is 0.0916. The van der Waals surface area contributed by atoms with E-state index < -0.39 is 0 Å². The maximum atomic E-state index is 3.83. The summed E-state index contributed by atoms with van der Waals surface area (Å²) < 4.78 is 2.44. The Morgan fingerprint density at radius 3 is 2.40 bits per heavy atom. The summed E-state index contributed by atoms with van der Waals surface area (Å²) in [5.41, 5.74) is 10.8. The van der Waals surface area contributed by atoms with Crippen molar-refractivity contribution in [3.05, 3.63) is 193 Å². The summed E-state index contributed by atoms with van der Waals surface area (Å²) in [6.45, 7) is 5.91. The van der Waals surface area contributed by atoms with Gasteiger partial charge in [-0.2, -0.15) is 0 Å². The molecule has 2 aliphatic rings. The first-order chi connectivity index (χ1) is 23.7. The molecule has 0 spiro atoms. The van der Waals surface area contributed by atoms with E-state index >= 15 is 0 Å². The number of hydrogen-bond acceptors (Lipinski definition) is 2. The maximum Gasteiger partial charge on any atom is 0.0709 e. The third kappa shape index (κ3) is 5.30. The van der Waals surface area contributed by atoms with E-state index in [1.807, 2.05) is 24.4 Å². The number of nitrogens with one attached hydrogen (secondary N) is 2. The van der Waals surface area contributed by atoms with Crippen LogP contribution in [0.1, 0.15) is 24.1 Å². The van der Waals surface area contributed by atoms with Crippen molar-refractivity contribution in [3.63, 3.8) is 0 Å². The molecule has 0 amide bonds. The number of nitrogens with zero attached hydrogens (tertiary/aromatic N) is 1. The number of para-hydroxylation sites is 1. The van der Waals surface area contributed by atoms with Gasteiger partial charge < -0.3 is 15.2 Å². The van der Waals surface area contributed by atoms with Crippen LogP contribution in [-0.4, -0.2) is 10.6 Å². The summed E-state index contributed by atoms with van der Waals surface area (Å²) in [6.07, 6.45) is 23.0. The number of hydrogen-bond donors (Lipinski definition) is 2. The predicted molar refractivity (Wildman–Crippen MR) is 205 cm³/mol. The molecule has 48 heavy (non-hydrogen) atoms. The van der Waals surface area contributed by atoms with Gasteiger partial charge in [-0.3, -0.25) is 0 Å². The van der Waals surface area contributed by atoms with Crippen LogP contribution in [-0.2, 0) is 0 Å². The van der Waals surface area contributed by atoms with Crippen molar-refractivity contribution in [1.29, 1.82) is 0 Å². The molecule has 8 rings (SSSR count). The number of fused-ring (bicyclic) bond motifs is 5. The summed E-state index contributed by atoms with van der Waals surface area (Å²) >= 11 is 0. The van der Waals surface area contributed by atoms with Gasteiger partial charge in [-0.05, 0) is 88.3 Å².